The number of fused-ring (bicyclic) bond motifs is 1. The molecular weight excluding hydrogens is 470 g/mol. The van der Waals surface area contributed by atoms with Gasteiger partial charge in [-0.25, -0.2) is 4.79 Å². The van der Waals surface area contributed by atoms with Crippen LogP contribution in [0, 0.1) is 17.8 Å². The van der Waals surface area contributed by atoms with Gasteiger partial charge in [0.2, 0.25) is 11.8 Å². The molecule has 0 aromatic heterocycles. The summed E-state index contributed by atoms with van der Waals surface area (Å²) < 4.78 is 0. The number of ketones is 1. The molecule has 2 amide bonds. The van der Waals surface area contributed by atoms with E-state index in [0.717, 1.165) is 13.0 Å². The van der Waals surface area contributed by atoms with E-state index < -0.39 is 5.97 Å². The third kappa shape index (κ3) is 4.87. The summed E-state index contributed by atoms with van der Waals surface area (Å²) in [5.74, 6) is -1.78. The van der Waals surface area contributed by atoms with E-state index in [4.69, 9.17) is 0 Å². The van der Waals surface area contributed by atoms with Gasteiger partial charge in [-0.1, -0.05) is 13.8 Å². The molecule has 4 rings (SSSR count). The molecule has 11 heteroatoms. The molecule has 0 aromatic rings. The van der Waals surface area contributed by atoms with Gasteiger partial charge in [0.1, 0.15) is 11.5 Å². The number of carboxylic acids is 1. The summed E-state index contributed by atoms with van der Waals surface area (Å²) in [6.07, 6.45) is 1.87. The lowest BCUT2D eigenvalue weighted by molar-refractivity contribution is -0.160. The maximum Gasteiger partial charge on any atom is 0.353 e. The molecule has 4 aliphatic heterocycles. The number of likely N-dealkylation sites (N-methyl/N-ethyl adjacent to an activating group) is 2. The third-order valence-electron chi connectivity index (χ3n) is 7.92. The van der Waals surface area contributed by atoms with Crippen LogP contribution < -0.4 is 16.0 Å². The maximum atomic E-state index is 13.0. The van der Waals surface area contributed by atoms with Crippen LogP contribution in [-0.4, -0.2) is 102 Å². The molecular formula is C24H37N5O5S. The number of β-lactam (4-membered cyclic amide) rings is 1. The van der Waals surface area contributed by atoms with Crippen molar-refractivity contribution >= 4 is 35.3 Å². The van der Waals surface area contributed by atoms with Crippen molar-refractivity contribution in [3.63, 3.8) is 0 Å². The van der Waals surface area contributed by atoms with Gasteiger partial charge in [-0.15, -0.1) is 11.8 Å². The molecule has 0 spiro atoms. The fourth-order valence-electron chi connectivity index (χ4n) is 6.10. The van der Waals surface area contributed by atoms with Gasteiger partial charge in [0.25, 0.3) is 0 Å². The second kappa shape index (κ2) is 10.6. The van der Waals surface area contributed by atoms with Gasteiger partial charge in [0.15, 0.2) is 0 Å². The van der Waals surface area contributed by atoms with Gasteiger partial charge < -0.3 is 30.9 Å². The lowest BCUT2D eigenvalue weighted by atomic mass is 9.73. The molecule has 4 N–H and O–H groups in total. The van der Waals surface area contributed by atoms with Crippen molar-refractivity contribution in [2.45, 2.75) is 56.5 Å². The zero-order valence-corrected chi connectivity index (χ0v) is 21.7. The highest BCUT2D eigenvalue weighted by Crippen LogP contribution is 2.53. The van der Waals surface area contributed by atoms with E-state index in [1.165, 1.54) is 16.7 Å². The molecule has 35 heavy (non-hydrogen) atoms. The fourth-order valence-corrected chi connectivity index (χ4v) is 7.58. The first-order valence-corrected chi connectivity index (χ1v) is 13.4. The van der Waals surface area contributed by atoms with Gasteiger partial charge >= 0.3 is 5.97 Å². The second-order valence-corrected chi connectivity index (χ2v) is 11.6. The van der Waals surface area contributed by atoms with Gasteiger partial charge in [-0.2, -0.15) is 0 Å². The van der Waals surface area contributed by atoms with Gasteiger partial charge in [-0.05, 0) is 32.9 Å². The van der Waals surface area contributed by atoms with E-state index in [0.29, 0.717) is 36.9 Å². The van der Waals surface area contributed by atoms with E-state index in [1.54, 1.807) is 7.05 Å². The van der Waals surface area contributed by atoms with Crippen LogP contribution in [0.3, 0.4) is 0 Å². The zero-order chi connectivity index (χ0) is 25.4. The van der Waals surface area contributed by atoms with E-state index in [9.17, 15) is 24.3 Å². The van der Waals surface area contributed by atoms with Crippen LogP contribution in [0.25, 0.3) is 0 Å². The first-order chi connectivity index (χ1) is 16.7. The molecule has 0 saturated carbocycles. The highest BCUT2D eigenvalue weighted by Gasteiger charge is 2.60. The number of carboxylic acid groups (broad SMARTS) is 1. The first kappa shape index (κ1) is 26.1. The van der Waals surface area contributed by atoms with Crippen LogP contribution >= 0.6 is 11.8 Å². The Hall–Kier alpha value is -1.95. The van der Waals surface area contributed by atoms with Gasteiger partial charge in [-0.3, -0.25) is 14.4 Å². The number of likely N-dealkylation sites (tertiary alicyclic amines) is 1. The number of thioether (sulfide) groups is 1. The molecule has 4 aliphatic rings. The zero-order valence-electron chi connectivity index (χ0n) is 20.9. The summed E-state index contributed by atoms with van der Waals surface area (Å²) in [5, 5.41) is 19.4. The topological polar surface area (TPSA) is 131 Å². The van der Waals surface area contributed by atoms with Crippen molar-refractivity contribution in [3.8, 4) is 0 Å². The Bertz CT molecular complexity index is 926. The van der Waals surface area contributed by atoms with Crippen molar-refractivity contribution in [2.24, 2.45) is 17.8 Å². The minimum absolute atomic E-state index is 0.0460. The Morgan fingerprint density at radius 2 is 2.03 bits per heavy atom. The summed E-state index contributed by atoms with van der Waals surface area (Å²) in [6, 6.07) is -0.166. The molecule has 7 atom stereocenters. The predicted molar refractivity (Wildman–Crippen MR) is 132 cm³/mol. The fraction of sp³-hybridized carbons (Fsp3) is 0.750. The molecule has 194 valence electrons. The average molecular weight is 508 g/mol. The summed E-state index contributed by atoms with van der Waals surface area (Å²) in [7, 11) is 3.62. The molecule has 3 fully saturated rings. The predicted octanol–water partition coefficient (Wildman–Crippen LogP) is -0.142. The molecule has 0 radical (unpaired) electrons. The van der Waals surface area contributed by atoms with Crippen LogP contribution in [0.15, 0.2) is 10.6 Å². The number of nitrogens with zero attached hydrogens (tertiary/aromatic N) is 2. The second-order valence-electron chi connectivity index (χ2n) is 10.3. The average Bonchev–Trinajstić information content (AvgIpc) is 3.52. The molecule has 4 heterocycles. The van der Waals surface area contributed by atoms with E-state index >= 15 is 0 Å². The SMILES string of the molecule is CNCC(=O)C[C@H](C)[C@H]1C(=O)N2C(C(=O)O)=C(SC3CN[C@H](C(=O)N4CC[C@H](NC)C4)C3)[C@H](C)[C@H]12. The highest BCUT2D eigenvalue weighted by molar-refractivity contribution is 8.03. The number of Topliss-reactive ketones (excluding diaryl/α,β-unsaturated/α-hetero) is 1. The lowest BCUT2D eigenvalue weighted by Crippen LogP contribution is -2.62. The number of rotatable bonds is 10. The number of carbonyl (C=O) groups excluding carboxylic acids is 3. The molecule has 1 unspecified atom stereocenters. The number of amides is 2. The van der Waals surface area contributed by atoms with Crippen molar-refractivity contribution in [3.05, 3.63) is 10.6 Å². The van der Waals surface area contributed by atoms with Crippen LogP contribution in [0.4, 0.5) is 0 Å². The van der Waals surface area contributed by atoms with Crippen LogP contribution in [0.5, 0.6) is 0 Å². The van der Waals surface area contributed by atoms with E-state index in [2.05, 4.69) is 16.0 Å². The number of hydrogen-bond donors (Lipinski definition) is 4. The Morgan fingerprint density at radius 3 is 2.66 bits per heavy atom. The Kier molecular flexibility index (Phi) is 7.89. The maximum absolute atomic E-state index is 13.0. The van der Waals surface area contributed by atoms with Crippen molar-refractivity contribution in [1.29, 1.82) is 0 Å². The van der Waals surface area contributed by atoms with Crippen molar-refractivity contribution < 1.29 is 24.3 Å². The van der Waals surface area contributed by atoms with Gasteiger partial charge in [0.05, 0.1) is 24.5 Å². The van der Waals surface area contributed by atoms with Crippen molar-refractivity contribution in [1.82, 2.24) is 25.8 Å². The summed E-state index contributed by atoms with van der Waals surface area (Å²) in [6.45, 7) is 6.22. The monoisotopic (exact) mass is 507 g/mol. The van der Waals surface area contributed by atoms with E-state index in [-0.39, 0.29) is 64.9 Å². The highest BCUT2D eigenvalue weighted by atomic mass is 32.2. The minimum Gasteiger partial charge on any atom is -0.477 e. The van der Waals surface area contributed by atoms with Crippen molar-refractivity contribution in [2.75, 3.05) is 40.3 Å². The standard InChI is InChI=1S/C24H37N5O5S/c1-12(7-15(30)9-25-3)18-19-13(2)21(20(24(33)34)29(19)23(18)32)35-16-8-17(27-10-16)22(31)28-6-5-14(11-28)26-4/h12-14,16-19,25-27H,5-11H2,1-4H3,(H,33,34)/t12-,13+,14-,16?,17-,18+,19+/m0/s1. The van der Waals surface area contributed by atoms with Crippen LogP contribution in [-0.2, 0) is 19.2 Å². The Balaban J connectivity index is 1.42. The minimum atomic E-state index is -1.10. The van der Waals surface area contributed by atoms with Crippen LogP contribution in [0.1, 0.15) is 33.1 Å². The normalized spacial score (nSPS) is 33.2. The third-order valence-corrected chi connectivity index (χ3v) is 9.43. The summed E-state index contributed by atoms with van der Waals surface area (Å²) in [5.41, 5.74) is 0.0775. The number of aliphatic carboxylic acids is 1. The summed E-state index contributed by atoms with van der Waals surface area (Å²) >= 11 is 1.50. The largest absolute Gasteiger partial charge is 0.477 e. The van der Waals surface area contributed by atoms with E-state index in [1.807, 2.05) is 25.8 Å². The number of hydrogen-bond acceptors (Lipinski definition) is 8. The van der Waals surface area contributed by atoms with Crippen LogP contribution in [0.2, 0.25) is 0 Å². The lowest BCUT2D eigenvalue weighted by Gasteiger charge is -2.47. The molecule has 0 bridgehead atoms. The quantitative estimate of drug-likeness (QED) is 0.298. The summed E-state index contributed by atoms with van der Waals surface area (Å²) in [4.78, 5) is 54.4. The molecule has 0 aromatic carbocycles. The number of nitrogens with one attached hydrogen (secondary N) is 3. The number of carbonyl (C=O) groups is 4. The smallest absolute Gasteiger partial charge is 0.353 e. The molecule has 0 aliphatic carbocycles. The molecule has 3 saturated heterocycles. The van der Waals surface area contributed by atoms with Gasteiger partial charge in [0, 0.05) is 48.2 Å². The Morgan fingerprint density at radius 1 is 1.29 bits per heavy atom. The Labute approximate surface area is 210 Å². The molecule has 10 nitrogen and oxygen atoms in total. The first-order valence-electron chi connectivity index (χ1n) is 12.5.